The fourth-order valence-corrected chi connectivity index (χ4v) is 8.88. The molecule has 5 atom stereocenters. The fraction of sp³-hybridized carbons (Fsp3) is 0.406. The molecule has 0 aliphatic carbocycles. The highest BCUT2D eigenvalue weighted by Gasteiger charge is 2.71. The van der Waals surface area contributed by atoms with Gasteiger partial charge in [-0.25, -0.2) is 0 Å². The van der Waals surface area contributed by atoms with Gasteiger partial charge >= 0.3 is 0 Å². The second kappa shape index (κ2) is 11.8. The number of thioether (sulfide) groups is 1. The van der Waals surface area contributed by atoms with Gasteiger partial charge in [0.05, 0.1) is 23.2 Å². The molecule has 0 aromatic heterocycles. The van der Waals surface area contributed by atoms with Gasteiger partial charge in [-0.3, -0.25) is 14.4 Å². The molecule has 4 aliphatic rings. The Morgan fingerprint density at radius 3 is 2.29 bits per heavy atom. The van der Waals surface area contributed by atoms with Crippen molar-refractivity contribution in [1.29, 1.82) is 0 Å². The van der Waals surface area contributed by atoms with E-state index in [0.29, 0.717) is 49.8 Å². The summed E-state index contributed by atoms with van der Waals surface area (Å²) in [6.07, 6.45) is 9.08. The van der Waals surface area contributed by atoms with Crippen molar-refractivity contribution < 1.29 is 24.2 Å². The first-order valence-electron chi connectivity index (χ1n) is 14.4. The summed E-state index contributed by atoms with van der Waals surface area (Å²) in [4.78, 5) is 48.3. The first kappa shape index (κ1) is 28.8. The van der Waals surface area contributed by atoms with Gasteiger partial charge in [0.2, 0.25) is 11.8 Å². The van der Waals surface area contributed by atoms with Crippen molar-refractivity contribution in [2.45, 2.75) is 35.8 Å². The molecule has 1 unspecified atom stereocenters. The highest BCUT2D eigenvalue weighted by atomic mass is 35.5. The number of rotatable bonds is 8. The van der Waals surface area contributed by atoms with E-state index in [1.807, 2.05) is 67.6 Å². The number of carbonyl (C=O) groups is 3. The summed E-state index contributed by atoms with van der Waals surface area (Å²) >= 11 is 7.69. The van der Waals surface area contributed by atoms with Crippen LogP contribution in [0.2, 0.25) is 5.02 Å². The Kier molecular flexibility index (Phi) is 8.09. The first-order chi connectivity index (χ1) is 20.4. The zero-order valence-corrected chi connectivity index (χ0v) is 25.0. The molecule has 6 rings (SSSR count). The van der Waals surface area contributed by atoms with Crippen LogP contribution in [0.15, 0.2) is 72.8 Å². The van der Waals surface area contributed by atoms with E-state index in [0.717, 1.165) is 11.4 Å². The van der Waals surface area contributed by atoms with Crippen LogP contribution in [0.5, 0.6) is 5.75 Å². The molecule has 0 saturated carbocycles. The normalized spacial score (nSPS) is 28.5. The van der Waals surface area contributed by atoms with Crippen molar-refractivity contribution in [3.05, 3.63) is 77.9 Å². The van der Waals surface area contributed by atoms with E-state index in [-0.39, 0.29) is 29.6 Å². The van der Waals surface area contributed by atoms with Gasteiger partial charge in [-0.2, -0.15) is 0 Å². The van der Waals surface area contributed by atoms with E-state index in [4.69, 9.17) is 16.3 Å². The third kappa shape index (κ3) is 4.81. The molecule has 2 aromatic rings. The summed E-state index contributed by atoms with van der Waals surface area (Å²) in [5.41, 5.74) is 1.44. The quantitative estimate of drug-likeness (QED) is 0.355. The third-order valence-corrected chi connectivity index (χ3v) is 10.6. The number of amides is 3. The highest BCUT2D eigenvalue weighted by Crippen LogP contribution is 2.61. The standard InChI is InChI=1S/C32H34ClN3O5S/c1-2-41-24-14-12-23(13-15-24)34-18-5-7-25-26(29(34)38)27-30(39)36(17-3-4-20-37)28-31(40)35(19-6-16-32(27,28)42-25)22-10-8-21(33)9-11-22/h5-16,25-28,37H,2-4,17-20H2,1H3/t25-,26+,27-,28?,32-/m0/s1. The average Bonchev–Trinajstić information content (AvgIpc) is 3.29. The van der Waals surface area contributed by atoms with Crippen molar-refractivity contribution >= 4 is 52.5 Å². The molecule has 42 heavy (non-hydrogen) atoms. The molecule has 3 amide bonds. The van der Waals surface area contributed by atoms with Crippen molar-refractivity contribution in [3.63, 3.8) is 0 Å². The van der Waals surface area contributed by atoms with Gasteiger partial charge < -0.3 is 24.5 Å². The Balaban J connectivity index is 1.38. The Labute approximate surface area is 254 Å². The molecular weight excluding hydrogens is 574 g/mol. The number of anilines is 2. The number of hydrogen-bond acceptors (Lipinski definition) is 6. The molecule has 1 N–H and O–H groups in total. The number of aliphatic hydroxyl groups is 1. The Morgan fingerprint density at radius 1 is 0.929 bits per heavy atom. The summed E-state index contributed by atoms with van der Waals surface area (Å²) in [5, 5.41) is 9.77. The molecule has 8 nitrogen and oxygen atoms in total. The predicted molar refractivity (Wildman–Crippen MR) is 165 cm³/mol. The van der Waals surface area contributed by atoms with Crippen LogP contribution >= 0.6 is 23.4 Å². The van der Waals surface area contributed by atoms with E-state index >= 15 is 0 Å². The van der Waals surface area contributed by atoms with Crippen molar-refractivity contribution in [3.8, 4) is 5.75 Å². The molecule has 10 heteroatoms. The number of ether oxygens (including phenoxy) is 1. The van der Waals surface area contributed by atoms with Crippen LogP contribution in [0, 0.1) is 11.8 Å². The number of carbonyl (C=O) groups excluding carboxylic acids is 3. The van der Waals surface area contributed by atoms with E-state index in [1.54, 1.807) is 38.6 Å². The van der Waals surface area contributed by atoms with Gasteiger partial charge in [0, 0.05) is 47.9 Å². The maximum atomic E-state index is 14.4. The number of fused-ring (bicyclic) bond motifs is 2. The zero-order valence-electron chi connectivity index (χ0n) is 23.4. The second-order valence-electron chi connectivity index (χ2n) is 10.9. The predicted octanol–water partition coefficient (Wildman–Crippen LogP) is 4.31. The average molecular weight is 608 g/mol. The second-order valence-corrected chi connectivity index (χ2v) is 12.9. The van der Waals surface area contributed by atoms with E-state index in [2.05, 4.69) is 0 Å². The SMILES string of the molecule is CCOc1ccc(N2CC=C[C@@H]3S[C@]45C=CCN(c6ccc(Cl)cc6)C(=O)C4N(CCCCO)C(=O)[C@@H]5[C@@H]3C2=O)cc1. The minimum atomic E-state index is -0.897. The van der Waals surface area contributed by atoms with Gasteiger partial charge in [0.15, 0.2) is 0 Å². The molecule has 1 spiro atoms. The lowest BCUT2D eigenvalue weighted by Crippen LogP contribution is -2.53. The maximum Gasteiger partial charge on any atom is 0.251 e. The Hall–Kier alpha value is -3.27. The summed E-state index contributed by atoms with van der Waals surface area (Å²) in [7, 11) is 0. The minimum Gasteiger partial charge on any atom is -0.494 e. The molecule has 2 fully saturated rings. The largest absolute Gasteiger partial charge is 0.494 e. The Morgan fingerprint density at radius 2 is 1.60 bits per heavy atom. The number of unbranched alkanes of at least 4 members (excludes halogenated alkanes) is 1. The molecular formula is C32H34ClN3O5S. The van der Waals surface area contributed by atoms with Gasteiger partial charge in [-0.15, -0.1) is 11.8 Å². The van der Waals surface area contributed by atoms with Gasteiger partial charge in [0.25, 0.3) is 5.91 Å². The minimum absolute atomic E-state index is 0.00575. The van der Waals surface area contributed by atoms with E-state index < -0.39 is 22.6 Å². The molecule has 220 valence electrons. The molecule has 4 heterocycles. The number of aliphatic hydroxyl groups excluding tert-OH is 1. The van der Waals surface area contributed by atoms with Gasteiger partial charge in [-0.05, 0) is 68.3 Å². The van der Waals surface area contributed by atoms with Crippen LogP contribution in [-0.2, 0) is 14.4 Å². The summed E-state index contributed by atoms with van der Waals surface area (Å²) in [5.74, 6) is -1.07. The topological polar surface area (TPSA) is 90.4 Å². The lowest BCUT2D eigenvalue weighted by molar-refractivity contribution is -0.138. The molecule has 0 bridgehead atoms. The van der Waals surface area contributed by atoms with E-state index in [9.17, 15) is 19.5 Å². The number of benzene rings is 2. The van der Waals surface area contributed by atoms with Crippen LogP contribution in [-0.4, -0.2) is 76.6 Å². The summed E-state index contributed by atoms with van der Waals surface area (Å²) < 4.78 is 4.68. The number of likely N-dealkylation sites (tertiary alicyclic amines) is 1. The summed E-state index contributed by atoms with van der Waals surface area (Å²) in [6.45, 7) is 3.56. The molecule has 4 aliphatic heterocycles. The lowest BCUT2D eigenvalue weighted by Gasteiger charge is -2.35. The van der Waals surface area contributed by atoms with Crippen molar-refractivity contribution in [2.24, 2.45) is 11.8 Å². The Bertz CT molecular complexity index is 1410. The highest BCUT2D eigenvalue weighted by molar-refractivity contribution is 8.02. The monoisotopic (exact) mass is 607 g/mol. The van der Waals surface area contributed by atoms with Crippen LogP contribution in [0.25, 0.3) is 0 Å². The number of halogens is 1. The lowest BCUT2D eigenvalue weighted by atomic mass is 9.78. The number of hydrogen-bond donors (Lipinski definition) is 1. The first-order valence-corrected chi connectivity index (χ1v) is 15.7. The molecule has 2 saturated heterocycles. The van der Waals surface area contributed by atoms with Gasteiger partial charge in [-0.1, -0.05) is 35.9 Å². The third-order valence-electron chi connectivity index (χ3n) is 8.56. The van der Waals surface area contributed by atoms with Crippen LogP contribution in [0.3, 0.4) is 0 Å². The van der Waals surface area contributed by atoms with Crippen LogP contribution in [0.4, 0.5) is 11.4 Å². The van der Waals surface area contributed by atoms with Crippen LogP contribution < -0.4 is 14.5 Å². The molecule has 2 aromatic carbocycles. The summed E-state index contributed by atoms with van der Waals surface area (Å²) in [6, 6.07) is 13.8. The molecule has 0 radical (unpaired) electrons. The van der Waals surface area contributed by atoms with Crippen molar-refractivity contribution in [1.82, 2.24) is 4.90 Å². The van der Waals surface area contributed by atoms with Gasteiger partial charge in [0.1, 0.15) is 11.8 Å². The zero-order chi connectivity index (χ0) is 29.4. The fourth-order valence-electron chi connectivity index (χ4n) is 6.74. The number of nitrogens with zero attached hydrogens (tertiary/aromatic N) is 3. The smallest absolute Gasteiger partial charge is 0.251 e. The van der Waals surface area contributed by atoms with Crippen molar-refractivity contribution in [2.75, 3.05) is 42.6 Å². The van der Waals surface area contributed by atoms with Crippen LogP contribution in [0.1, 0.15) is 19.8 Å². The maximum absolute atomic E-state index is 14.4. The van der Waals surface area contributed by atoms with E-state index in [1.165, 1.54) is 0 Å².